The summed E-state index contributed by atoms with van der Waals surface area (Å²) in [5.74, 6) is 6.72. The van der Waals surface area contributed by atoms with E-state index >= 15 is 0 Å². The number of benzene rings is 1. The smallest absolute Gasteiger partial charge is 0.228 e. The molecule has 0 N–H and O–H groups in total. The van der Waals surface area contributed by atoms with Crippen LogP contribution in [0.5, 0.6) is 0 Å². The van der Waals surface area contributed by atoms with Crippen LogP contribution < -0.4 is 4.90 Å². The van der Waals surface area contributed by atoms with Gasteiger partial charge < -0.3 is 0 Å². The van der Waals surface area contributed by atoms with Gasteiger partial charge in [-0.25, -0.2) is 0 Å². The number of hydrogen-bond donors (Lipinski definition) is 0. The summed E-state index contributed by atoms with van der Waals surface area (Å²) in [4.78, 5) is 13.7. The van der Waals surface area contributed by atoms with Gasteiger partial charge in [-0.15, -0.1) is 10.2 Å². The molecule has 1 saturated heterocycles. The van der Waals surface area contributed by atoms with Crippen LogP contribution in [0.3, 0.4) is 0 Å². The fraction of sp³-hybridized carbons (Fsp3) is 0.278. The van der Waals surface area contributed by atoms with Gasteiger partial charge in [-0.05, 0) is 35.6 Å². The fourth-order valence-corrected chi connectivity index (χ4v) is 2.48. The molecule has 1 aromatic heterocycles. The van der Waals surface area contributed by atoms with Crippen molar-refractivity contribution in [2.45, 2.75) is 20.3 Å². The number of carbonyl (C=O) groups is 1. The van der Waals surface area contributed by atoms with Crippen molar-refractivity contribution in [1.82, 2.24) is 10.2 Å². The summed E-state index contributed by atoms with van der Waals surface area (Å²) in [6.07, 6.45) is 0.546. The maximum absolute atomic E-state index is 12.0. The summed E-state index contributed by atoms with van der Waals surface area (Å²) in [6, 6.07) is 13.3. The topological polar surface area (TPSA) is 46.1 Å². The highest BCUT2D eigenvalue weighted by molar-refractivity contribution is 5.95. The molecule has 0 bridgehead atoms. The minimum atomic E-state index is -0.00938. The quantitative estimate of drug-likeness (QED) is 0.759. The molecule has 110 valence electrons. The van der Waals surface area contributed by atoms with Crippen molar-refractivity contribution in [3.63, 3.8) is 0 Å². The number of amides is 1. The number of aromatic nitrogens is 2. The van der Waals surface area contributed by atoms with Crippen LogP contribution in [0.1, 0.15) is 31.5 Å². The monoisotopic (exact) mass is 291 g/mol. The molecule has 3 rings (SSSR count). The zero-order chi connectivity index (χ0) is 15.6. The van der Waals surface area contributed by atoms with Crippen LogP contribution in [0.2, 0.25) is 0 Å². The van der Waals surface area contributed by atoms with Crippen molar-refractivity contribution >= 4 is 11.7 Å². The van der Waals surface area contributed by atoms with E-state index in [1.165, 1.54) is 0 Å². The Bertz CT molecular complexity index is 739. The number of carbonyl (C=O) groups excluding carboxylic acids is 1. The van der Waals surface area contributed by atoms with E-state index in [9.17, 15) is 4.79 Å². The average Bonchev–Trinajstić information content (AvgIpc) is 2.80. The molecular formula is C18H17N3O. The third-order valence-electron chi connectivity index (χ3n) is 3.55. The van der Waals surface area contributed by atoms with E-state index in [0.717, 1.165) is 5.56 Å². The SMILES string of the molecule is CC1(C)CC(=O)N(c2ccc(C#Cc3ccccc3)nn2)C1. The Morgan fingerprint density at radius 2 is 1.82 bits per heavy atom. The second-order valence-electron chi connectivity index (χ2n) is 6.21. The Kier molecular flexibility index (Phi) is 3.64. The van der Waals surface area contributed by atoms with Crippen LogP contribution in [-0.2, 0) is 4.79 Å². The normalized spacial score (nSPS) is 16.3. The summed E-state index contributed by atoms with van der Waals surface area (Å²) in [6.45, 7) is 4.84. The molecule has 4 nitrogen and oxygen atoms in total. The van der Waals surface area contributed by atoms with Gasteiger partial charge >= 0.3 is 0 Å². The summed E-state index contributed by atoms with van der Waals surface area (Å²) >= 11 is 0. The van der Waals surface area contributed by atoms with E-state index in [4.69, 9.17) is 0 Å². The van der Waals surface area contributed by atoms with E-state index in [1.54, 1.807) is 17.0 Å². The van der Waals surface area contributed by atoms with Crippen molar-refractivity contribution in [3.8, 4) is 11.8 Å². The Morgan fingerprint density at radius 1 is 1.05 bits per heavy atom. The average molecular weight is 291 g/mol. The molecule has 1 aliphatic heterocycles. The molecule has 1 aliphatic rings. The molecule has 1 aromatic carbocycles. The number of anilines is 1. The molecule has 1 amide bonds. The van der Waals surface area contributed by atoms with Crippen LogP contribution in [0.4, 0.5) is 5.82 Å². The van der Waals surface area contributed by atoms with Crippen molar-refractivity contribution in [2.75, 3.05) is 11.4 Å². The molecule has 22 heavy (non-hydrogen) atoms. The summed E-state index contributed by atoms with van der Waals surface area (Å²) in [5, 5.41) is 8.24. The van der Waals surface area contributed by atoms with E-state index in [1.807, 2.05) is 30.3 Å². The predicted molar refractivity (Wildman–Crippen MR) is 85.2 cm³/mol. The van der Waals surface area contributed by atoms with Crippen LogP contribution >= 0.6 is 0 Å². The van der Waals surface area contributed by atoms with E-state index in [-0.39, 0.29) is 11.3 Å². The van der Waals surface area contributed by atoms with E-state index in [0.29, 0.717) is 24.5 Å². The zero-order valence-electron chi connectivity index (χ0n) is 12.7. The third-order valence-corrected chi connectivity index (χ3v) is 3.55. The molecule has 0 aliphatic carbocycles. The van der Waals surface area contributed by atoms with Crippen molar-refractivity contribution in [3.05, 3.63) is 53.7 Å². The van der Waals surface area contributed by atoms with Crippen molar-refractivity contribution in [1.29, 1.82) is 0 Å². The lowest BCUT2D eigenvalue weighted by atomic mass is 9.93. The Morgan fingerprint density at radius 3 is 2.41 bits per heavy atom. The summed E-state index contributed by atoms with van der Waals surface area (Å²) < 4.78 is 0. The van der Waals surface area contributed by atoms with Gasteiger partial charge in [0.1, 0.15) is 5.69 Å². The standard InChI is InChI=1S/C18H17N3O/c1-18(2)12-17(22)21(13-18)16-11-10-15(19-20-16)9-8-14-6-4-3-5-7-14/h3-7,10-11H,12-13H2,1-2H3. The lowest BCUT2D eigenvalue weighted by molar-refractivity contribution is -0.117. The molecule has 0 atom stereocenters. The largest absolute Gasteiger partial charge is 0.295 e. The first kappa shape index (κ1) is 14.3. The first-order chi connectivity index (χ1) is 10.5. The maximum Gasteiger partial charge on any atom is 0.228 e. The van der Waals surface area contributed by atoms with Gasteiger partial charge in [-0.2, -0.15) is 0 Å². The highest BCUT2D eigenvalue weighted by Crippen LogP contribution is 2.32. The molecule has 1 fully saturated rings. The van der Waals surface area contributed by atoms with Gasteiger partial charge in [0.2, 0.25) is 5.91 Å². The molecule has 0 unspecified atom stereocenters. The van der Waals surface area contributed by atoms with Gasteiger partial charge in [0.15, 0.2) is 5.82 Å². The Hall–Kier alpha value is -2.67. The van der Waals surface area contributed by atoms with Gasteiger partial charge in [-0.1, -0.05) is 38.0 Å². The predicted octanol–water partition coefficient (Wildman–Crippen LogP) is 2.64. The molecule has 2 aromatic rings. The minimum absolute atomic E-state index is 0.00938. The van der Waals surface area contributed by atoms with Gasteiger partial charge in [-0.3, -0.25) is 9.69 Å². The molecule has 2 heterocycles. The molecule has 0 saturated carbocycles. The molecule has 0 spiro atoms. The van der Waals surface area contributed by atoms with E-state index < -0.39 is 0 Å². The maximum atomic E-state index is 12.0. The minimum Gasteiger partial charge on any atom is -0.295 e. The van der Waals surface area contributed by atoms with Gasteiger partial charge in [0, 0.05) is 18.5 Å². The van der Waals surface area contributed by atoms with Gasteiger partial charge in [0.05, 0.1) is 0 Å². The molecule has 4 heteroatoms. The summed E-state index contributed by atoms with van der Waals surface area (Å²) in [5.41, 5.74) is 1.52. The van der Waals surface area contributed by atoms with Crippen LogP contribution in [-0.4, -0.2) is 22.6 Å². The second kappa shape index (κ2) is 5.61. The Labute approximate surface area is 130 Å². The first-order valence-corrected chi connectivity index (χ1v) is 7.25. The first-order valence-electron chi connectivity index (χ1n) is 7.25. The number of rotatable bonds is 1. The number of hydrogen-bond acceptors (Lipinski definition) is 3. The number of nitrogens with zero attached hydrogens (tertiary/aromatic N) is 3. The van der Waals surface area contributed by atoms with Crippen molar-refractivity contribution < 1.29 is 4.79 Å². The molecular weight excluding hydrogens is 274 g/mol. The van der Waals surface area contributed by atoms with Gasteiger partial charge in [0.25, 0.3) is 0 Å². The zero-order valence-corrected chi connectivity index (χ0v) is 12.7. The summed E-state index contributed by atoms with van der Waals surface area (Å²) in [7, 11) is 0. The third kappa shape index (κ3) is 3.15. The molecule has 0 radical (unpaired) electrons. The highest BCUT2D eigenvalue weighted by atomic mass is 16.2. The Balaban J connectivity index is 1.77. The fourth-order valence-electron chi connectivity index (χ4n) is 2.48. The van der Waals surface area contributed by atoms with Crippen molar-refractivity contribution in [2.24, 2.45) is 5.41 Å². The highest BCUT2D eigenvalue weighted by Gasteiger charge is 2.37. The van der Waals surface area contributed by atoms with Crippen LogP contribution in [0.25, 0.3) is 0 Å². The lowest BCUT2D eigenvalue weighted by Gasteiger charge is -2.18. The van der Waals surface area contributed by atoms with Crippen LogP contribution in [0.15, 0.2) is 42.5 Å². The second-order valence-corrected chi connectivity index (χ2v) is 6.21. The lowest BCUT2D eigenvalue weighted by Crippen LogP contribution is -2.27. The van der Waals surface area contributed by atoms with E-state index in [2.05, 4.69) is 35.9 Å². The van der Waals surface area contributed by atoms with Crippen LogP contribution in [0, 0.1) is 17.3 Å².